The fraction of sp³-hybridized carbons (Fsp3) is 0.0741. The van der Waals surface area contributed by atoms with E-state index >= 15 is 0 Å². The lowest BCUT2D eigenvalue weighted by molar-refractivity contribution is 0.306. The number of rotatable bonds is 6. The van der Waals surface area contributed by atoms with Crippen LogP contribution in [0.5, 0.6) is 5.75 Å². The van der Waals surface area contributed by atoms with Gasteiger partial charge in [0.25, 0.3) is 0 Å². The number of hydrogen-bond donors (Lipinski definition) is 0. The van der Waals surface area contributed by atoms with E-state index < -0.39 is 0 Å². The number of imidazole rings is 1. The van der Waals surface area contributed by atoms with Crippen LogP contribution in [0.15, 0.2) is 110 Å². The molecule has 1 heterocycles. The highest BCUT2D eigenvalue weighted by molar-refractivity contribution is 5.86. The first-order chi connectivity index (χ1) is 15.3. The third-order valence-electron chi connectivity index (χ3n) is 5.46. The molecule has 0 saturated carbocycles. The quantitative estimate of drug-likeness (QED) is 0.325. The summed E-state index contributed by atoms with van der Waals surface area (Å²) >= 11 is 0. The summed E-state index contributed by atoms with van der Waals surface area (Å²) in [5.74, 6) is 0.530. The molecule has 3 nitrogen and oxygen atoms in total. The van der Waals surface area contributed by atoms with Gasteiger partial charge in [0.1, 0.15) is 18.2 Å². The van der Waals surface area contributed by atoms with Gasteiger partial charge in [-0.05, 0) is 51.7 Å². The summed E-state index contributed by atoms with van der Waals surface area (Å²) < 4.78 is 21.1. The van der Waals surface area contributed by atoms with Crippen LogP contribution in [0, 0.1) is 5.82 Å². The van der Waals surface area contributed by atoms with Crippen molar-refractivity contribution in [1.82, 2.24) is 9.55 Å². The summed E-state index contributed by atoms with van der Waals surface area (Å²) in [6.07, 6.45) is 5.65. The van der Waals surface area contributed by atoms with Gasteiger partial charge >= 0.3 is 0 Å². The average Bonchev–Trinajstić information content (AvgIpc) is 3.34. The van der Waals surface area contributed by atoms with E-state index in [1.54, 1.807) is 18.3 Å². The number of aromatic nitrogens is 2. The van der Waals surface area contributed by atoms with Crippen molar-refractivity contribution in [2.75, 3.05) is 0 Å². The van der Waals surface area contributed by atoms with Crippen LogP contribution in [0.1, 0.15) is 22.7 Å². The number of ether oxygens (including phenoxy) is 1. The second kappa shape index (κ2) is 8.44. The summed E-state index contributed by atoms with van der Waals surface area (Å²) in [6, 6.07) is 29.3. The Morgan fingerprint density at radius 3 is 2.39 bits per heavy atom. The van der Waals surface area contributed by atoms with Gasteiger partial charge in [-0.25, -0.2) is 9.37 Å². The molecule has 1 unspecified atom stereocenters. The zero-order valence-electron chi connectivity index (χ0n) is 16.9. The van der Waals surface area contributed by atoms with Crippen LogP contribution in [-0.4, -0.2) is 9.55 Å². The lowest BCUT2D eigenvalue weighted by atomic mass is 9.93. The van der Waals surface area contributed by atoms with Gasteiger partial charge in [-0.2, -0.15) is 0 Å². The van der Waals surface area contributed by atoms with Gasteiger partial charge in [-0.15, -0.1) is 0 Å². The van der Waals surface area contributed by atoms with Crippen molar-refractivity contribution in [2.24, 2.45) is 0 Å². The van der Waals surface area contributed by atoms with Crippen molar-refractivity contribution >= 4 is 10.8 Å². The summed E-state index contributed by atoms with van der Waals surface area (Å²) in [6.45, 7) is 0.397. The Bertz CT molecular complexity index is 1270. The Morgan fingerprint density at radius 1 is 0.839 bits per heavy atom. The molecule has 1 aromatic heterocycles. The van der Waals surface area contributed by atoms with E-state index in [-0.39, 0.29) is 11.9 Å². The largest absolute Gasteiger partial charge is 0.489 e. The maximum atomic E-state index is 13.1. The van der Waals surface area contributed by atoms with Crippen molar-refractivity contribution in [3.63, 3.8) is 0 Å². The Hall–Kier alpha value is -3.92. The molecule has 0 N–H and O–H groups in total. The molecule has 0 radical (unpaired) electrons. The van der Waals surface area contributed by atoms with Gasteiger partial charge in [-0.1, -0.05) is 66.7 Å². The third-order valence-corrected chi connectivity index (χ3v) is 5.46. The molecular formula is C27H21FN2O. The first-order valence-electron chi connectivity index (χ1n) is 10.2. The second-order valence-electron chi connectivity index (χ2n) is 7.46. The van der Waals surface area contributed by atoms with Gasteiger partial charge < -0.3 is 9.30 Å². The van der Waals surface area contributed by atoms with E-state index in [1.807, 2.05) is 24.7 Å². The van der Waals surface area contributed by atoms with Gasteiger partial charge in [0.05, 0.1) is 12.4 Å². The van der Waals surface area contributed by atoms with Crippen molar-refractivity contribution in [1.29, 1.82) is 0 Å². The molecule has 152 valence electrons. The Balaban J connectivity index is 1.46. The number of fused-ring (bicyclic) bond motifs is 1. The molecule has 0 aliphatic heterocycles. The first-order valence-corrected chi connectivity index (χ1v) is 10.2. The molecule has 5 aromatic rings. The van der Waals surface area contributed by atoms with Crippen LogP contribution >= 0.6 is 0 Å². The Kier molecular flexibility index (Phi) is 5.19. The van der Waals surface area contributed by atoms with Crippen LogP contribution in [0.25, 0.3) is 10.8 Å². The highest BCUT2D eigenvalue weighted by atomic mass is 19.1. The van der Waals surface area contributed by atoms with E-state index in [2.05, 4.69) is 64.1 Å². The van der Waals surface area contributed by atoms with Crippen LogP contribution in [0.3, 0.4) is 0 Å². The second-order valence-corrected chi connectivity index (χ2v) is 7.46. The molecule has 0 aliphatic rings. The lowest BCUT2D eigenvalue weighted by Crippen LogP contribution is -2.11. The molecule has 0 amide bonds. The van der Waals surface area contributed by atoms with E-state index in [1.165, 1.54) is 28.5 Å². The number of benzene rings is 4. The van der Waals surface area contributed by atoms with Crippen LogP contribution in [0.2, 0.25) is 0 Å². The van der Waals surface area contributed by atoms with E-state index in [0.717, 1.165) is 16.9 Å². The Labute approximate surface area is 180 Å². The first kappa shape index (κ1) is 19.1. The van der Waals surface area contributed by atoms with Crippen LogP contribution < -0.4 is 4.74 Å². The van der Waals surface area contributed by atoms with E-state index in [4.69, 9.17) is 4.74 Å². The molecule has 5 rings (SSSR count). The fourth-order valence-electron chi connectivity index (χ4n) is 3.92. The van der Waals surface area contributed by atoms with Gasteiger partial charge in [-0.3, -0.25) is 0 Å². The topological polar surface area (TPSA) is 27.1 Å². The minimum atomic E-state index is -0.243. The average molecular weight is 408 g/mol. The van der Waals surface area contributed by atoms with Crippen molar-refractivity contribution in [3.05, 3.63) is 132 Å². The lowest BCUT2D eigenvalue weighted by Gasteiger charge is -2.22. The Morgan fingerprint density at radius 2 is 1.61 bits per heavy atom. The molecule has 0 spiro atoms. The summed E-state index contributed by atoms with van der Waals surface area (Å²) in [7, 11) is 0. The maximum absolute atomic E-state index is 13.1. The standard InChI is InChI=1S/C27H21FN2O/c28-23-12-8-20(9-13-23)18-31-24-14-10-22(11-15-24)27(30-17-16-29-19-30)26-7-3-5-21-4-1-2-6-25(21)26/h1-17,19,27H,18H2. The number of hydrogen-bond acceptors (Lipinski definition) is 2. The van der Waals surface area contributed by atoms with E-state index in [9.17, 15) is 4.39 Å². The van der Waals surface area contributed by atoms with Crippen LogP contribution in [-0.2, 0) is 6.61 Å². The minimum absolute atomic E-state index is 0.000233. The van der Waals surface area contributed by atoms with Crippen molar-refractivity contribution < 1.29 is 9.13 Å². The third kappa shape index (κ3) is 4.05. The molecule has 0 bridgehead atoms. The molecular weight excluding hydrogens is 387 g/mol. The van der Waals surface area contributed by atoms with Crippen molar-refractivity contribution in [2.45, 2.75) is 12.6 Å². The minimum Gasteiger partial charge on any atom is -0.489 e. The highest BCUT2D eigenvalue weighted by Gasteiger charge is 2.18. The molecule has 0 fully saturated rings. The summed E-state index contributed by atoms with van der Waals surface area (Å²) in [4.78, 5) is 4.27. The highest BCUT2D eigenvalue weighted by Crippen LogP contribution is 2.33. The number of halogens is 1. The monoisotopic (exact) mass is 408 g/mol. The predicted molar refractivity (Wildman–Crippen MR) is 121 cm³/mol. The molecule has 4 aromatic carbocycles. The van der Waals surface area contributed by atoms with Gasteiger partial charge in [0.15, 0.2) is 0 Å². The zero-order valence-corrected chi connectivity index (χ0v) is 16.9. The van der Waals surface area contributed by atoms with E-state index in [0.29, 0.717) is 6.61 Å². The molecule has 0 saturated heterocycles. The SMILES string of the molecule is Fc1ccc(COc2ccc(C(c3cccc4ccccc34)n3ccnc3)cc2)cc1. The molecule has 1 atom stereocenters. The zero-order chi connectivity index (χ0) is 21.0. The van der Waals surface area contributed by atoms with Gasteiger partial charge in [0, 0.05) is 12.4 Å². The number of nitrogens with zero attached hydrogens (tertiary/aromatic N) is 2. The predicted octanol–water partition coefficient (Wildman–Crippen LogP) is 6.39. The molecule has 4 heteroatoms. The summed E-state index contributed by atoms with van der Waals surface area (Å²) in [5.41, 5.74) is 3.29. The van der Waals surface area contributed by atoms with Crippen LogP contribution in [0.4, 0.5) is 4.39 Å². The normalized spacial score (nSPS) is 12.0. The maximum Gasteiger partial charge on any atom is 0.123 e. The van der Waals surface area contributed by atoms with Crippen molar-refractivity contribution in [3.8, 4) is 5.75 Å². The smallest absolute Gasteiger partial charge is 0.123 e. The van der Waals surface area contributed by atoms with Gasteiger partial charge in [0.2, 0.25) is 0 Å². The molecule has 31 heavy (non-hydrogen) atoms. The fourth-order valence-corrected chi connectivity index (χ4v) is 3.92. The summed E-state index contributed by atoms with van der Waals surface area (Å²) in [5, 5.41) is 2.43. The molecule has 0 aliphatic carbocycles.